The van der Waals surface area contributed by atoms with Crippen molar-refractivity contribution in [3.8, 4) is 5.75 Å². The van der Waals surface area contributed by atoms with Crippen molar-refractivity contribution in [1.82, 2.24) is 9.80 Å². The smallest absolute Gasteiger partial charge is 0.321 e. The topological polar surface area (TPSA) is 61.9 Å². The van der Waals surface area contributed by atoms with Crippen molar-refractivity contribution < 1.29 is 14.3 Å². The van der Waals surface area contributed by atoms with E-state index >= 15 is 0 Å². The monoisotopic (exact) mass is 371 g/mol. The van der Waals surface area contributed by atoms with Crippen molar-refractivity contribution in [2.24, 2.45) is 11.3 Å². The molecule has 2 heterocycles. The van der Waals surface area contributed by atoms with Gasteiger partial charge in [0.1, 0.15) is 5.75 Å². The van der Waals surface area contributed by atoms with E-state index in [4.69, 9.17) is 4.74 Å². The number of amides is 3. The lowest BCUT2D eigenvalue weighted by Gasteiger charge is -2.39. The molecule has 6 nitrogen and oxygen atoms in total. The number of carbonyl (C=O) groups is 2. The molecule has 1 spiro atoms. The molecule has 1 N–H and O–H groups in total. The van der Waals surface area contributed by atoms with E-state index < -0.39 is 0 Å². The SMILES string of the molecule is CCOc1ccc(NC(=O)N2CCC3(CCCN(CC4CC4)C3=O)C2)cc1. The highest BCUT2D eigenvalue weighted by atomic mass is 16.5. The first kappa shape index (κ1) is 18.1. The molecule has 1 unspecified atom stereocenters. The molecule has 0 bridgehead atoms. The van der Waals surface area contributed by atoms with E-state index in [2.05, 4.69) is 10.2 Å². The minimum Gasteiger partial charge on any atom is -0.494 e. The molecule has 1 saturated carbocycles. The second-order valence-corrected chi connectivity index (χ2v) is 8.14. The van der Waals surface area contributed by atoms with Crippen molar-refractivity contribution >= 4 is 17.6 Å². The summed E-state index contributed by atoms with van der Waals surface area (Å²) >= 11 is 0. The van der Waals surface area contributed by atoms with Gasteiger partial charge >= 0.3 is 6.03 Å². The molecule has 1 aromatic carbocycles. The van der Waals surface area contributed by atoms with E-state index in [9.17, 15) is 9.59 Å². The van der Waals surface area contributed by atoms with Crippen LogP contribution in [0, 0.1) is 11.3 Å². The summed E-state index contributed by atoms with van der Waals surface area (Å²) in [5, 5.41) is 2.95. The van der Waals surface area contributed by atoms with Crippen molar-refractivity contribution in [2.75, 3.05) is 38.1 Å². The molecule has 3 fully saturated rings. The molecule has 146 valence electrons. The Hall–Kier alpha value is -2.24. The first-order valence-electron chi connectivity index (χ1n) is 10.2. The minimum absolute atomic E-state index is 0.122. The van der Waals surface area contributed by atoms with Gasteiger partial charge in [0.25, 0.3) is 0 Å². The lowest BCUT2D eigenvalue weighted by atomic mass is 9.78. The second kappa shape index (κ2) is 7.41. The Kier molecular flexibility index (Phi) is 4.98. The van der Waals surface area contributed by atoms with E-state index in [0.29, 0.717) is 25.6 Å². The van der Waals surface area contributed by atoms with Crippen LogP contribution in [0.5, 0.6) is 5.75 Å². The predicted octanol–water partition coefficient (Wildman–Crippen LogP) is 3.34. The van der Waals surface area contributed by atoms with Crippen molar-refractivity contribution in [1.29, 1.82) is 0 Å². The van der Waals surface area contributed by atoms with Crippen LogP contribution in [-0.4, -0.2) is 54.5 Å². The molecule has 1 aromatic rings. The third kappa shape index (κ3) is 3.89. The van der Waals surface area contributed by atoms with Crippen molar-refractivity contribution in [3.63, 3.8) is 0 Å². The van der Waals surface area contributed by atoms with Crippen molar-refractivity contribution in [3.05, 3.63) is 24.3 Å². The van der Waals surface area contributed by atoms with E-state index in [1.54, 1.807) is 4.90 Å². The number of likely N-dealkylation sites (tertiary alicyclic amines) is 2. The lowest BCUT2D eigenvalue weighted by molar-refractivity contribution is -0.145. The summed E-state index contributed by atoms with van der Waals surface area (Å²) in [7, 11) is 0. The summed E-state index contributed by atoms with van der Waals surface area (Å²) in [5.41, 5.74) is 0.387. The fourth-order valence-corrected chi connectivity index (χ4v) is 4.37. The van der Waals surface area contributed by atoms with Crippen LogP contribution >= 0.6 is 0 Å². The van der Waals surface area contributed by atoms with Crippen LogP contribution in [0.25, 0.3) is 0 Å². The van der Waals surface area contributed by atoms with Gasteiger partial charge in [0.05, 0.1) is 12.0 Å². The molecule has 1 atom stereocenters. The number of nitrogens with zero attached hydrogens (tertiary/aromatic N) is 2. The van der Waals surface area contributed by atoms with E-state index in [1.807, 2.05) is 31.2 Å². The Balaban J connectivity index is 1.36. The number of urea groups is 1. The van der Waals surface area contributed by atoms with Gasteiger partial charge in [-0.3, -0.25) is 4.79 Å². The van der Waals surface area contributed by atoms with Crippen LogP contribution in [0.4, 0.5) is 10.5 Å². The number of anilines is 1. The lowest BCUT2D eigenvalue weighted by Crippen LogP contribution is -2.51. The van der Waals surface area contributed by atoms with Gasteiger partial charge in [-0.15, -0.1) is 0 Å². The first-order valence-corrected chi connectivity index (χ1v) is 10.2. The first-order chi connectivity index (χ1) is 13.1. The molecule has 0 aromatic heterocycles. The maximum atomic E-state index is 13.1. The summed E-state index contributed by atoms with van der Waals surface area (Å²) in [6.45, 7) is 5.54. The normalized spacial score (nSPS) is 25.1. The molecule has 0 radical (unpaired) electrons. The maximum Gasteiger partial charge on any atom is 0.321 e. The van der Waals surface area contributed by atoms with Crippen LogP contribution in [0.2, 0.25) is 0 Å². The zero-order valence-corrected chi connectivity index (χ0v) is 16.1. The summed E-state index contributed by atoms with van der Waals surface area (Å²) in [4.78, 5) is 29.6. The number of ether oxygens (including phenoxy) is 1. The van der Waals surface area contributed by atoms with Crippen LogP contribution in [0.3, 0.4) is 0 Å². The molecule has 4 rings (SSSR count). The third-order valence-electron chi connectivity index (χ3n) is 6.06. The molecule has 2 aliphatic heterocycles. The highest BCUT2D eigenvalue weighted by Gasteiger charge is 2.49. The number of nitrogens with one attached hydrogen (secondary N) is 1. The van der Waals surface area contributed by atoms with Gasteiger partial charge in [-0.25, -0.2) is 4.79 Å². The van der Waals surface area contributed by atoms with Gasteiger partial charge in [0.2, 0.25) is 5.91 Å². The summed E-state index contributed by atoms with van der Waals surface area (Å²) < 4.78 is 5.43. The zero-order chi connectivity index (χ0) is 18.9. The third-order valence-corrected chi connectivity index (χ3v) is 6.06. The van der Waals surface area contributed by atoms with Gasteiger partial charge < -0.3 is 19.9 Å². The predicted molar refractivity (Wildman–Crippen MR) is 104 cm³/mol. The van der Waals surface area contributed by atoms with Gasteiger partial charge in [0.15, 0.2) is 0 Å². The molecule has 2 saturated heterocycles. The molecule has 3 aliphatic rings. The molecule has 6 heteroatoms. The molecule has 27 heavy (non-hydrogen) atoms. The van der Waals surface area contributed by atoms with E-state index in [1.165, 1.54) is 12.8 Å². The Bertz CT molecular complexity index is 701. The quantitative estimate of drug-likeness (QED) is 0.863. The average Bonchev–Trinajstić information content (AvgIpc) is 3.38. The number of hydrogen-bond acceptors (Lipinski definition) is 3. The second-order valence-electron chi connectivity index (χ2n) is 8.14. The zero-order valence-electron chi connectivity index (χ0n) is 16.1. The standard InChI is InChI=1S/C21H29N3O3/c1-2-27-18-8-6-17(7-9-18)22-20(26)24-13-11-21(15-24)10-3-12-23(19(21)25)14-16-4-5-16/h6-9,16H,2-5,10-15H2,1H3,(H,22,26). The van der Waals surface area contributed by atoms with Crippen LogP contribution in [0.1, 0.15) is 39.0 Å². The summed E-state index contributed by atoms with van der Waals surface area (Å²) in [5.74, 6) is 1.78. The maximum absolute atomic E-state index is 13.1. The van der Waals surface area contributed by atoms with Gasteiger partial charge in [0, 0.05) is 31.9 Å². The fraction of sp³-hybridized carbons (Fsp3) is 0.619. The summed E-state index contributed by atoms with van der Waals surface area (Å²) in [6, 6.07) is 7.27. The Morgan fingerprint density at radius 2 is 2.00 bits per heavy atom. The number of hydrogen-bond donors (Lipinski definition) is 1. The van der Waals surface area contributed by atoms with E-state index in [-0.39, 0.29) is 17.4 Å². The highest BCUT2D eigenvalue weighted by molar-refractivity contribution is 5.91. The number of rotatable bonds is 5. The largest absolute Gasteiger partial charge is 0.494 e. The fourth-order valence-electron chi connectivity index (χ4n) is 4.37. The van der Waals surface area contributed by atoms with Crippen LogP contribution < -0.4 is 10.1 Å². The molecule has 3 amide bonds. The van der Waals surface area contributed by atoms with Gasteiger partial charge in [-0.05, 0) is 69.2 Å². The Morgan fingerprint density at radius 3 is 2.70 bits per heavy atom. The number of piperidine rings is 1. The summed E-state index contributed by atoms with van der Waals surface area (Å²) in [6.07, 6.45) is 5.25. The average molecular weight is 371 g/mol. The molecule has 1 aliphatic carbocycles. The van der Waals surface area contributed by atoms with Crippen molar-refractivity contribution in [2.45, 2.75) is 39.0 Å². The van der Waals surface area contributed by atoms with Crippen LogP contribution in [-0.2, 0) is 4.79 Å². The van der Waals surface area contributed by atoms with Gasteiger partial charge in [-0.1, -0.05) is 0 Å². The van der Waals surface area contributed by atoms with Crippen LogP contribution in [0.15, 0.2) is 24.3 Å². The molecular weight excluding hydrogens is 342 g/mol. The minimum atomic E-state index is -0.358. The molecular formula is C21H29N3O3. The Morgan fingerprint density at radius 1 is 1.22 bits per heavy atom. The van der Waals surface area contributed by atoms with E-state index in [0.717, 1.165) is 43.8 Å². The highest BCUT2D eigenvalue weighted by Crippen LogP contribution is 2.41. The van der Waals surface area contributed by atoms with Gasteiger partial charge in [-0.2, -0.15) is 0 Å². The Labute approximate surface area is 160 Å². The number of carbonyl (C=O) groups excluding carboxylic acids is 2. The number of benzene rings is 1.